The monoisotopic (exact) mass is 280 g/mol. The summed E-state index contributed by atoms with van der Waals surface area (Å²) >= 11 is 0. The van der Waals surface area contributed by atoms with Gasteiger partial charge in [-0.3, -0.25) is 4.79 Å². The molecule has 0 aromatic carbocycles. The Morgan fingerprint density at radius 2 is 2.25 bits per heavy atom. The van der Waals surface area contributed by atoms with E-state index in [1.165, 1.54) is 0 Å². The van der Waals surface area contributed by atoms with Crippen LogP contribution in [-0.4, -0.2) is 12.9 Å². The zero-order valence-corrected chi connectivity index (χ0v) is 12.4. The molecule has 2 heterocycles. The molecule has 0 amide bonds. The minimum Gasteiger partial charge on any atom is -0.466 e. The Labute approximate surface area is 120 Å². The first-order valence-corrected chi connectivity index (χ1v) is 7.49. The highest BCUT2D eigenvalue weighted by molar-refractivity contribution is 5.11. The van der Waals surface area contributed by atoms with Crippen LogP contribution < -0.4 is 5.43 Å². The van der Waals surface area contributed by atoms with E-state index in [2.05, 4.69) is 13.8 Å². The highest BCUT2D eigenvalue weighted by atomic mass is 16.7. The molecule has 2 rings (SSSR count). The predicted molar refractivity (Wildman–Crippen MR) is 76.5 cm³/mol. The highest BCUT2D eigenvalue weighted by Crippen LogP contribution is 2.15. The van der Waals surface area contributed by atoms with Gasteiger partial charge in [-0.1, -0.05) is 13.8 Å². The molecule has 112 valence electrons. The lowest BCUT2D eigenvalue weighted by Crippen LogP contribution is -2.22. The second kappa shape index (κ2) is 7.60. The molecule has 1 unspecified atom stereocenters. The molecule has 20 heavy (non-hydrogen) atoms. The summed E-state index contributed by atoms with van der Waals surface area (Å²) in [6.45, 7) is 5.34. The van der Waals surface area contributed by atoms with Gasteiger partial charge in [0.2, 0.25) is 0 Å². The fourth-order valence-corrected chi connectivity index (χ4v) is 2.20. The minimum absolute atomic E-state index is 0.0417. The molecule has 0 N–H and O–H groups in total. The zero-order valence-electron chi connectivity index (χ0n) is 12.4. The van der Waals surface area contributed by atoms with Gasteiger partial charge in [-0.25, -0.2) is 0 Å². The Bertz CT molecular complexity index is 458. The Morgan fingerprint density at radius 3 is 2.90 bits per heavy atom. The van der Waals surface area contributed by atoms with Crippen LogP contribution in [0, 0.1) is 5.92 Å². The van der Waals surface area contributed by atoms with E-state index in [0.717, 1.165) is 44.3 Å². The van der Waals surface area contributed by atoms with E-state index in [-0.39, 0.29) is 11.7 Å². The maximum absolute atomic E-state index is 12.0. The largest absolute Gasteiger partial charge is 0.466 e. The SMILES string of the molecule is CC(C)CCc1coc(COC2CCCCO2)cc1=O. The zero-order chi connectivity index (χ0) is 14.4. The third-order valence-electron chi connectivity index (χ3n) is 3.50. The van der Waals surface area contributed by atoms with Crippen molar-refractivity contribution in [2.24, 2.45) is 5.92 Å². The van der Waals surface area contributed by atoms with E-state index in [9.17, 15) is 4.79 Å². The fraction of sp³-hybridized carbons (Fsp3) is 0.688. The number of hydrogen-bond acceptors (Lipinski definition) is 4. The molecule has 4 heteroatoms. The van der Waals surface area contributed by atoms with Gasteiger partial charge in [0.25, 0.3) is 0 Å². The van der Waals surface area contributed by atoms with E-state index >= 15 is 0 Å². The van der Waals surface area contributed by atoms with E-state index in [1.54, 1.807) is 12.3 Å². The first-order chi connectivity index (χ1) is 9.65. The minimum atomic E-state index is -0.158. The lowest BCUT2D eigenvalue weighted by Gasteiger charge is -2.22. The second-order valence-electron chi connectivity index (χ2n) is 5.78. The van der Waals surface area contributed by atoms with Gasteiger partial charge in [0, 0.05) is 18.2 Å². The van der Waals surface area contributed by atoms with Crippen LogP contribution in [0.1, 0.15) is 50.9 Å². The van der Waals surface area contributed by atoms with Gasteiger partial charge in [0.15, 0.2) is 11.7 Å². The quantitative estimate of drug-likeness (QED) is 0.802. The molecule has 1 aromatic rings. The average Bonchev–Trinajstić information content (AvgIpc) is 2.45. The van der Waals surface area contributed by atoms with Gasteiger partial charge in [0.1, 0.15) is 12.4 Å². The normalized spacial score (nSPS) is 19.4. The van der Waals surface area contributed by atoms with Crippen molar-refractivity contribution in [3.63, 3.8) is 0 Å². The maximum atomic E-state index is 12.0. The summed E-state index contributed by atoms with van der Waals surface area (Å²) in [6.07, 6.45) is 6.32. The van der Waals surface area contributed by atoms with E-state index in [4.69, 9.17) is 13.9 Å². The van der Waals surface area contributed by atoms with Crippen molar-refractivity contribution in [2.75, 3.05) is 6.61 Å². The summed E-state index contributed by atoms with van der Waals surface area (Å²) in [5, 5.41) is 0. The van der Waals surface area contributed by atoms with Crippen LogP contribution in [-0.2, 0) is 22.5 Å². The molecule has 1 atom stereocenters. The smallest absolute Gasteiger partial charge is 0.188 e. The van der Waals surface area contributed by atoms with Gasteiger partial charge < -0.3 is 13.9 Å². The van der Waals surface area contributed by atoms with Crippen LogP contribution in [0.25, 0.3) is 0 Å². The molecule has 0 saturated carbocycles. The molecule has 1 aliphatic heterocycles. The van der Waals surface area contributed by atoms with Crippen molar-refractivity contribution in [3.05, 3.63) is 33.9 Å². The van der Waals surface area contributed by atoms with E-state index in [1.807, 2.05) is 0 Å². The third kappa shape index (κ3) is 4.76. The van der Waals surface area contributed by atoms with Crippen molar-refractivity contribution < 1.29 is 13.9 Å². The van der Waals surface area contributed by atoms with Crippen LogP contribution in [0.2, 0.25) is 0 Å². The average molecular weight is 280 g/mol. The Hall–Kier alpha value is -1.13. The molecular formula is C16H24O4. The molecule has 0 aliphatic carbocycles. The summed E-state index contributed by atoms with van der Waals surface area (Å²) in [5.74, 6) is 1.15. The van der Waals surface area contributed by atoms with E-state index < -0.39 is 0 Å². The molecule has 1 fully saturated rings. The van der Waals surface area contributed by atoms with Crippen molar-refractivity contribution in [2.45, 2.75) is 58.8 Å². The van der Waals surface area contributed by atoms with Gasteiger partial charge in [-0.15, -0.1) is 0 Å². The van der Waals surface area contributed by atoms with Crippen LogP contribution in [0.4, 0.5) is 0 Å². The van der Waals surface area contributed by atoms with Crippen LogP contribution in [0.15, 0.2) is 21.5 Å². The maximum Gasteiger partial charge on any atom is 0.188 e. The van der Waals surface area contributed by atoms with Crippen molar-refractivity contribution >= 4 is 0 Å². The predicted octanol–water partition coefficient (Wildman–Crippen LogP) is 3.27. The summed E-state index contributed by atoms with van der Waals surface area (Å²) in [4.78, 5) is 12.0. The standard InChI is InChI=1S/C16H24O4/c1-12(2)6-7-13-10-19-14(9-15(13)17)11-20-16-5-3-4-8-18-16/h9-10,12,16H,3-8,11H2,1-2H3. The highest BCUT2D eigenvalue weighted by Gasteiger charge is 2.14. The Kier molecular flexibility index (Phi) is 5.80. The first kappa shape index (κ1) is 15.3. The van der Waals surface area contributed by atoms with Gasteiger partial charge in [-0.05, 0) is 38.0 Å². The summed E-state index contributed by atoms with van der Waals surface area (Å²) in [6, 6.07) is 1.54. The Morgan fingerprint density at radius 1 is 1.40 bits per heavy atom. The van der Waals surface area contributed by atoms with Crippen molar-refractivity contribution in [1.29, 1.82) is 0 Å². The van der Waals surface area contributed by atoms with Crippen LogP contribution in [0.5, 0.6) is 0 Å². The van der Waals surface area contributed by atoms with E-state index in [0.29, 0.717) is 18.3 Å². The molecule has 0 radical (unpaired) electrons. The van der Waals surface area contributed by atoms with Crippen molar-refractivity contribution in [1.82, 2.24) is 0 Å². The first-order valence-electron chi connectivity index (χ1n) is 7.49. The molecule has 4 nitrogen and oxygen atoms in total. The number of ether oxygens (including phenoxy) is 2. The topological polar surface area (TPSA) is 48.7 Å². The van der Waals surface area contributed by atoms with Gasteiger partial charge in [0.05, 0.1) is 6.26 Å². The lowest BCUT2D eigenvalue weighted by molar-refractivity contribution is -0.171. The number of hydrogen-bond donors (Lipinski definition) is 0. The molecule has 1 aliphatic rings. The molecule has 1 saturated heterocycles. The van der Waals surface area contributed by atoms with Crippen LogP contribution in [0.3, 0.4) is 0 Å². The molecule has 0 bridgehead atoms. The molecule has 1 aromatic heterocycles. The third-order valence-corrected chi connectivity index (χ3v) is 3.50. The van der Waals surface area contributed by atoms with Gasteiger partial charge >= 0.3 is 0 Å². The van der Waals surface area contributed by atoms with Crippen molar-refractivity contribution in [3.8, 4) is 0 Å². The Balaban J connectivity index is 1.86. The lowest BCUT2D eigenvalue weighted by atomic mass is 10.0. The van der Waals surface area contributed by atoms with Crippen LogP contribution >= 0.6 is 0 Å². The fourth-order valence-electron chi connectivity index (χ4n) is 2.20. The summed E-state index contributed by atoms with van der Waals surface area (Å²) in [7, 11) is 0. The summed E-state index contributed by atoms with van der Waals surface area (Å²) in [5.41, 5.74) is 0.788. The number of rotatable bonds is 6. The summed E-state index contributed by atoms with van der Waals surface area (Å²) < 4.78 is 16.6. The second-order valence-corrected chi connectivity index (χ2v) is 5.78. The number of aryl methyl sites for hydroxylation is 1. The molecular weight excluding hydrogens is 256 g/mol. The van der Waals surface area contributed by atoms with Gasteiger partial charge in [-0.2, -0.15) is 0 Å². The molecule has 0 spiro atoms.